The Morgan fingerprint density at radius 1 is 1.09 bits per heavy atom. The number of amides is 1. The van der Waals surface area contributed by atoms with Gasteiger partial charge < -0.3 is 11.1 Å². The SMILES string of the molecule is Nc1c(C(=O)NCc2cccs2)c2nc3ccccc3nc2n1N=Cc1ccc(Cl)cc1. The van der Waals surface area contributed by atoms with E-state index in [2.05, 4.69) is 20.4 Å². The Morgan fingerprint density at radius 2 is 1.84 bits per heavy atom. The van der Waals surface area contributed by atoms with Gasteiger partial charge in [-0.05, 0) is 41.3 Å². The van der Waals surface area contributed by atoms with Crippen molar-refractivity contribution in [3.8, 4) is 0 Å². The Kier molecular flexibility index (Phi) is 5.30. The molecule has 0 saturated heterocycles. The summed E-state index contributed by atoms with van der Waals surface area (Å²) in [6, 6.07) is 18.6. The largest absolute Gasteiger partial charge is 0.383 e. The number of halogens is 1. The molecule has 0 fully saturated rings. The molecule has 1 amide bonds. The minimum Gasteiger partial charge on any atom is -0.383 e. The van der Waals surface area contributed by atoms with E-state index in [4.69, 9.17) is 17.3 Å². The van der Waals surface area contributed by atoms with Gasteiger partial charge in [0.25, 0.3) is 5.91 Å². The predicted molar refractivity (Wildman–Crippen MR) is 129 cm³/mol. The summed E-state index contributed by atoms with van der Waals surface area (Å²) in [7, 11) is 0. The second-order valence-corrected chi connectivity index (χ2v) is 8.48. The number of hydrogen-bond donors (Lipinski definition) is 2. The van der Waals surface area contributed by atoms with Crippen molar-refractivity contribution in [2.45, 2.75) is 6.54 Å². The van der Waals surface area contributed by atoms with E-state index in [1.165, 1.54) is 4.68 Å². The third kappa shape index (κ3) is 3.81. The summed E-state index contributed by atoms with van der Waals surface area (Å²) in [5, 5.41) is 10.0. The van der Waals surface area contributed by atoms with Crippen molar-refractivity contribution in [3.05, 3.63) is 87.1 Å². The van der Waals surface area contributed by atoms with Crippen LogP contribution < -0.4 is 11.1 Å². The summed E-state index contributed by atoms with van der Waals surface area (Å²) < 4.78 is 1.45. The van der Waals surface area contributed by atoms with E-state index < -0.39 is 0 Å². The highest BCUT2D eigenvalue weighted by Crippen LogP contribution is 2.28. The Hall–Kier alpha value is -3.75. The van der Waals surface area contributed by atoms with Gasteiger partial charge in [0.05, 0.1) is 23.8 Å². The highest BCUT2D eigenvalue weighted by Gasteiger charge is 2.24. The van der Waals surface area contributed by atoms with Crippen molar-refractivity contribution in [1.29, 1.82) is 0 Å². The van der Waals surface area contributed by atoms with E-state index in [1.807, 2.05) is 53.9 Å². The lowest BCUT2D eigenvalue weighted by molar-refractivity contribution is 0.0953. The van der Waals surface area contributed by atoms with Crippen molar-refractivity contribution in [1.82, 2.24) is 20.0 Å². The molecule has 0 aliphatic carbocycles. The fraction of sp³-hybridized carbons (Fsp3) is 0.0435. The van der Waals surface area contributed by atoms with Crippen LogP contribution in [0.3, 0.4) is 0 Å². The first-order chi connectivity index (χ1) is 15.6. The van der Waals surface area contributed by atoms with Gasteiger partial charge in [-0.15, -0.1) is 11.3 Å². The Morgan fingerprint density at radius 3 is 2.56 bits per heavy atom. The van der Waals surface area contributed by atoms with Crippen LogP contribution in [0.1, 0.15) is 20.8 Å². The zero-order valence-electron chi connectivity index (χ0n) is 16.7. The quantitative estimate of drug-likeness (QED) is 0.371. The highest BCUT2D eigenvalue weighted by molar-refractivity contribution is 7.09. The van der Waals surface area contributed by atoms with Crippen molar-refractivity contribution >= 4 is 63.1 Å². The van der Waals surface area contributed by atoms with Gasteiger partial charge in [-0.2, -0.15) is 9.78 Å². The van der Waals surface area contributed by atoms with E-state index in [1.54, 1.807) is 29.7 Å². The number of nitrogens with two attached hydrogens (primary N) is 1. The molecule has 5 aromatic rings. The Labute approximate surface area is 192 Å². The van der Waals surface area contributed by atoms with Gasteiger partial charge >= 0.3 is 0 Å². The number of anilines is 1. The molecule has 32 heavy (non-hydrogen) atoms. The molecule has 0 saturated carbocycles. The molecule has 158 valence electrons. The molecule has 0 spiro atoms. The number of carbonyl (C=O) groups excluding carboxylic acids is 1. The summed E-state index contributed by atoms with van der Waals surface area (Å²) in [5.41, 5.74) is 9.66. The molecular formula is C23H17ClN6OS. The number of hydrogen-bond acceptors (Lipinski definition) is 6. The molecule has 2 aromatic carbocycles. The summed E-state index contributed by atoms with van der Waals surface area (Å²) in [6.45, 7) is 0.400. The predicted octanol–water partition coefficient (Wildman–Crippen LogP) is 4.69. The van der Waals surface area contributed by atoms with Crippen molar-refractivity contribution < 1.29 is 4.79 Å². The molecule has 5 rings (SSSR count). The summed E-state index contributed by atoms with van der Waals surface area (Å²) in [6.07, 6.45) is 1.64. The number of fused-ring (bicyclic) bond motifs is 2. The fourth-order valence-corrected chi connectivity index (χ4v) is 4.10. The number of para-hydroxylation sites is 2. The molecular weight excluding hydrogens is 444 g/mol. The van der Waals surface area contributed by atoms with Crippen LogP contribution in [0.4, 0.5) is 5.82 Å². The number of nitrogens with one attached hydrogen (secondary N) is 1. The molecule has 0 aliphatic heterocycles. The number of benzene rings is 2. The van der Waals surface area contributed by atoms with Gasteiger partial charge in [0.1, 0.15) is 16.9 Å². The van der Waals surface area contributed by atoms with Crippen molar-refractivity contribution in [3.63, 3.8) is 0 Å². The average molecular weight is 461 g/mol. The molecule has 3 N–H and O–H groups in total. The lowest BCUT2D eigenvalue weighted by atomic mass is 10.2. The number of carbonyl (C=O) groups is 1. The topological polar surface area (TPSA) is 98.2 Å². The Bertz CT molecular complexity index is 1460. The van der Waals surface area contributed by atoms with Crippen LogP contribution in [-0.4, -0.2) is 26.8 Å². The maximum absolute atomic E-state index is 13.1. The second-order valence-electron chi connectivity index (χ2n) is 7.01. The summed E-state index contributed by atoms with van der Waals surface area (Å²) in [4.78, 5) is 23.5. The molecule has 0 aliphatic rings. The molecule has 0 atom stereocenters. The minimum absolute atomic E-state index is 0.171. The zero-order chi connectivity index (χ0) is 22.1. The van der Waals surface area contributed by atoms with E-state index in [0.717, 1.165) is 10.4 Å². The number of nitrogen functional groups attached to an aromatic ring is 1. The molecule has 7 nitrogen and oxygen atoms in total. The number of aromatic nitrogens is 3. The normalized spacial score (nSPS) is 11.5. The van der Waals surface area contributed by atoms with Crippen molar-refractivity contribution in [2.24, 2.45) is 5.10 Å². The lowest BCUT2D eigenvalue weighted by Crippen LogP contribution is -2.23. The maximum atomic E-state index is 13.1. The van der Waals surface area contributed by atoms with E-state index in [0.29, 0.717) is 33.8 Å². The smallest absolute Gasteiger partial charge is 0.257 e. The standard InChI is InChI=1S/C23H17ClN6OS/c24-15-9-7-14(8-10-15)12-27-30-21(25)19(23(31)26-13-16-4-3-11-32-16)20-22(30)29-18-6-2-1-5-17(18)28-20/h1-12H,13,25H2,(H,26,31). The summed E-state index contributed by atoms with van der Waals surface area (Å²) in [5.74, 6) is -0.157. The van der Waals surface area contributed by atoms with Crippen LogP contribution in [0.15, 0.2) is 71.1 Å². The van der Waals surface area contributed by atoms with Crippen LogP contribution in [0.5, 0.6) is 0 Å². The molecule has 9 heteroatoms. The van der Waals surface area contributed by atoms with Crippen LogP contribution in [-0.2, 0) is 6.54 Å². The lowest BCUT2D eigenvalue weighted by Gasteiger charge is -2.04. The van der Waals surface area contributed by atoms with E-state index in [9.17, 15) is 4.79 Å². The van der Waals surface area contributed by atoms with Gasteiger partial charge in [0.2, 0.25) is 0 Å². The van der Waals surface area contributed by atoms with Crippen LogP contribution >= 0.6 is 22.9 Å². The van der Waals surface area contributed by atoms with E-state index >= 15 is 0 Å². The highest BCUT2D eigenvalue weighted by atomic mass is 35.5. The number of rotatable bonds is 5. The molecule has 0 unspecified atom stereocenters. The van der Waals surface area contributed by atoms with Gasteiger partial charge in [-0.25, -0.2) is 9.97 Å². The van der Waals surface area contributed by atoms with E-state index in [-0.39, 0.29) is 17.3 Å². The second kappa shape index (κ2) is 8.41. The summed E-state index contributed by atoms with van der Waals surface area (Å²) >= 11 is 7.53. The van der Waals surface area contributed by atoms with Gasteiger partial charge in [0.15, 0.2) is 5.65 Å². The first-order valence-electron chi connectivity index (χ1n) is 9.77. The molecule has 3 heterocycles. The average Bonchev–Trinajstić information content (AvgIpc) is 3.41. The van der Waals surface area contributed by atoms with Gasteiger partial charge in [-0.1, -0.05) is 41.9 Å². The van der Waals surface area contributed by atoms with Crippen LogP contribution in [0, 0.1) is 0 Å². The minimum atomic E-state index is -0.328. The first kappa shape index (κ1) is 20.2. The maximum Gasteiger partial charge on any atom is 0.257 e. The Balaban J connectivity index is 1.61. The van der Waals surface area contributed by atoms with Gasteiger partial charge in [0, 0.05) is 9.90 Å². The zero-order valence-corrected chi connectivity index (χ0v) is 18.3. The third-order valence-corrected chi connectivity index (χ3v) is 6.02. The van der Waals surface area contributed by atoms with Crippen molar-refractivity contribution in [2.75, 3.05) is 5.73 Å². The fourth-order valence-electron chi connectivity index (χ4n) is 3.33. The first-order valence-corrected chi connectivity index (χ1v) is 11.0. The molecule has 0 bridgehead atoms. The van der Waals surface area contributed by atoms with Gasteiger partial charge in [-0.3, -0.25) is 4.79 Å². The molecule has 0 radical (unpaired) electrons. The number of nitrogens with zero attached hydrogens (tertiary/aromatic N) is 4. The molecule has 3 aromatic heterocycles. The van der Waals surface area contributed by atoms with Crippen LogP contribution in [0.2, 0.25) is 5.02 Å². The third-order valence-electron chi connectivity index (χ3n) is 4.90. The monoisotopic (exact) mass is 460 g/mol. The number of thiophene rings is 1. The van der Waals surface area contributed by atoms with Crippen LogP contribution in [0.25, 0.3) is 22.2 Å².